The highest BCUT2D eigenvalue weighted by Crippen LogP contribution is 2.34. The van der Waals surface area contributed by atoms with Gasteiger partial charge in [0.1, 0.15) is 5.75 Å². The maximum Gasteiger partial charge on any atom is 0.158 e. The third-order valence-electron chi connectivity index (χ3n) is 3.15. The van der Waals surface area contributed by atoms with Gasteiger partial charge >= 0.3 is 0 Å². The van der Waals surface area contributed by atoms with E-state index in [1.807, 2.05) is 25.1 Å². The molecule has 0 bridgehead atoms. The first-order valence-electron chi connectivity index (χ1n) is 5.26. The van der Waals surface area contributed by atoms with Crippen LogP contribution < -0.4 is 10.5 Å². The third-order valence-corrected chi connectivity index (χ3v) is 3.15. The smallest absolute Gasteiger partial charge is 0.158 e. The summed E-state index contributed by atoms with van der Waals surface area (Å²) in [6.07, 6.45) is 2.81. The normalized spacial score (nSPS) is 29.1. The number of rotatable bonds is 1. The molecule has 15 heavy (non-hydrogen) atoms. The lowest BCUT2D eigenvalue weighted by molar-refractivity contribution is 0.0235. The van der Waals surface area contributed by atoms with Gasteiger partial charge in [-0.1, -0.05) is 25.6 Å². The van der Waals surface area contributed by atoms with Crippen LogP contribution in [0.2, 0.25) is 0 Å². The van der Waals surface area contributed by atoms with Crippen molar-refractivity contribution in [2.75, 3.05) is 0 Å². The van der Waals surface area contributed by atoms with Gasteiger partial charge in [-0.25, -0.2) is 0 Å². The molecule has 1 heterocycles. The highest BCUT2D eigenvalue weighted by molar-refractivity contribution is 5.52. The minimum Gasteiger partial charge on any atom is -0.473 e. The first kappa shape index (κ1) is 10.2. The van der Waals surface area contributed by atoms with Crippen molar-refractivity contribution in [2.45, 2.75) is 26.0 Å². The van der Waals surface area contributed by atoms with Gasteiger partial charge in [0.25, 0.3) is 0 Å². The molecule has 0 amide bonds. The minimum atomic E-state index is -0.553. The molecule has 0 radical (unpaired) electrons. The maximum absolute atomic E-state index is 6.06. The third kappa shape index (κ3) is 1.77. The number of benzene rings is 1. The molecular weight excluding hydrogens is 186 g/mol. The molecule has 0 saturated carbocycles. The molecule has 0 spiro atoms. The van der Waals surface area contributed by atoms with Crippen LogP contribution in [0.3, 0.4) is 0 Å². The van der Waals surface area contributed by atoms with Gasteiger partial charge in [-0.15, -0.1) is 0 Å². The lowest BCUT2D eigenvalue weighted by Gasteiger charge is -2.37. The van der Waals surface area contributed by atoms with Crippen molar-refractivity contribution in [1.82, 2.24) is 0 Å². The van der Waals surface area contributed by atoms with Crippen molar-refractivity contribution < 1.29 is 4.74 Å². The Bertz CT molecular complexity index is 396. The van der Waals surface area contributed by atoms with Crippen LogP contribution in [0, 0.1) is 5.92 Å². The van der Waals surface area contributed by atoms with E-state index in [2.05, 4.69) is 19.6 Å². The van der Waals surface area contributed by atoms with Crippen LogP contribution in [-0.4, -0.2) is 5.72 Å². The van der Waals surface area contributed by atoms with Crippen molar-refractivity contribution in [2.24, 2.45) is 11.7 Å². The predicted molar refractivity (Wildman–Crippen MR) is 62.6 cm³/mol. The van der Waals surface area contributed by atoms with E-state index in [-0.39, 0.29) is 0 Å². The van der Waals surface area contributed by atoms with Crippen molar-refractivity contribution in [3.05, 3.63) is 35.9 Å². The van der Waals surface area contributed by atoms with E-state index in [1.165, 1.54) is 5.56 Å². The largest absolute Gasteiger partial charge is 0.473 e. The predicted octanol–water partition coefficient (Wildman–Crippen LogP) is 2.58. The summed E-state index contributed by atoms with van der Waals surface area (Å²) in [5, 5.41) is 0. The minimum absolute atomic E-state index is 0.324. The van der Waals surface area contributed by atoms with Crippen LogP contribution >= 0.6 is 0 Å². The van der Waals surface area contributed by atoms with Crippen LogP contribution in [0.4, 0.5) is 0 Å². The highest BCUT2D eigenvalue weighted by Gasteiger charge is 2.34. The summed E-state index contributed by atoms with van der Waals surface area (Å²) in [5.41, 5.74) is 7.87. The van der Waals surface area contributed by atoms with Crippen LogP contribution in [0.15, 0.2) is 24.8 Å². The number of ether oxygens (including phenoxy) is 1. The van der Waals surface area contributed by atoms with Gasteiger partial charge in [-0.05, 0) is 36.6 Å². The van der Waals surface area contributed by atoms with Crippen molar-refractivity contribution in [3.63, 3.8) is 0 Å². The van der Waals surface area contributed by atoms with E-state index >= 15 is 0 Å². The summed E-state index contributed by atoms with van der Waals surface area (Å²) in [6, 6.07) is 6.09. The molecule has 2 nitrogen and oxygen atoms in total. The summed E-state index contributed by atoms with van der Waals surface area (Å²) in [7, 11) is 0. The van der Waals surface area contributed by atoms with Crippen LogP contribution in [0.5, 0.6) is 5.75 Å². The molecule has 2 N–H and O–H groups in total. The average Bonchev–Trinajstić information content (AvgIpc) is 2.19. The topological polar surface area (TPSA) is 35.2 Å². The first-order chi connectivity index (χ1) is 7.03. The van der Waals surface area contributed by atoms with E-state index in [9.17, 15) is 0 Å². The molecule has 1 aromatic carbocycles. The van der Waals surface area contributed by atoms with E-state index in [0.717, 1.165) is 17.7 Å². The quantitative estimate of drug-likeness (QED) is 0.761. The Labute approximate surface area is 90.7 Å². The summed E-state index contributed by atoms with van der Waals surface area (Å²) < 4.78 is 5.77. The summed E-state index contributed by atoms with van der Waals surface area (Å²) >= 11 is 0. The zero-order valence-corrected chi connectivity index (χ0v) is 9.29. The Morgan fingerprint density at radius 2 is 2.33 bits per heavy atom. The number of hydrogen-bond donors (Lipinski definition) is 1. The molecule has 2 heteroatoms. The summed E-state index contributed by atoms with van der Waals surface area (Å²) in [4.78, 5) is 0. The Morgan fingerprint density at radius 1 is 1.60 bits per heavy atom. The molecule has 80 valence electrons. The number of hydrogen-bond acceptors (Lipinski definition) is 2. The zero-order valence-electron chi connectivity index (χ0n) is 9.29. The second-order valence-corrected chi connectivity index (χ2v) is 4.46. The van der Waals surface area contributed by atoms with Gasteiger partial charge < -0.3 is 4.74 Å². The Hall–Kier alpha value is -1.28. The molecule has 0 fully saturated rings. The lowest BCUT2D eigenvalue weighted by Crippen LogP contribution is -2.51. The molecule has 0 aliphatic carbocycles. The van der Waals surface area contributed by atoms with Gasteiger partial charge in [0.05, 0.1) is 0 Å². The average molecular weight is 203 g/mol. The lowest BCUT2D eigenvalue weighted by atomic mass is 9.88. The Morgan fingerprint density at radius 3 is 3.00 bits per heavy atom. The number of nitrogens with two attached hydrogens (primary N) is 1. The fraction of sp³-hybridized carbons (Fsp3) is 0.385. The SMILES string of the molecule is C=Cc1ccc2c(c1)CC(C)C(C)(N)O2. The molecule has 0 aromatic heterocycles. The number of fused-ring (bicyclic) bond motifs is 1. The van der Waals surface area contributed by atoms with Gasteiger partial charge in [0.15, 0.2) is 5.72 Å². The molecule has 1 aliphatic rings. The summed E-state index contributed by atoms with van der Waals surface area (Å²) in [5.74, 6) is 1.23. The monoisotopic (exact) mass is 203 g/mol. The second kappa shape index (κ2) is 3.38. The molecule has 2 rings (SSSR count). The van der Waals surface area contributed by atoms with E-state index in [1.54, 1.807) is 0 Å². The van der Waals surface area contributed by atoms with Crippen LogP contribution in [0.1, 0.15) is 25.0 Å². The van der Waals surface area contributed by atoms with Crippen molar-refractivity contribution in [1.29, 1.82) is 0 Å². The van der Waals surface area contributed by atoms with E-state index in [4.69, 9.17) is 10.5 Å². The Kier molecular flexibility index (Phi) is 2.31. The standard InChI is InChI=1S/C13H17NO/c1-4-10-5-6-12-11(8-10)7-9(2)13(3,14)15-12/h4-6,8-9H,1,7,14H2,2-3H3. The fourth-order valence-corrected chi connectivity index (χ4v) is 1.86. The molecule has 2 unspecified atom stereocenters. The van der Waals surface area contributed by atoms with Gasteiger partial charge in [0, 0.05) is 5.92 Å². The fourth-order valence-electron chi connectivity index (χ4n) is 1.86. The van der Waals surface area contributed by atoms with E-state index in [0.29, 0.717) is 5.92 Å². The second-order valence-electron chi connectivity index (χ2n) is 4.46. The molecule has 0 saturated heterocycles. The molecular formula is C13H17NO. The summed E-state index contributed by atoms with van der Waals surface area (Å²) in [6.45, 7) is 7.81. The molecule has 1 aromatic rings. The Balaban J connectivity index is 2.41. The van der Waals surface area contributed by atoms with Crippen molar-refractivity contribution >= 4 is 6.08 Å². The van der Waals surface area contributed by atoms with E-state index < -0.39 is 5.72 Å². The van der Waals surface area contributed by atoms with Crippen molar-refractivity contribution in [3.8, 4) is 5.75 Å². The van der Waals surface area contributed by atoms with Gasteiger partial charge in [-0.2, -0.15) is 0 Å². The molecule has 1 aliphatic heterocycles. The highest BCUT2D eigenvalue weighted by atomic mass is 16.5. The first-order valence-corrected chi connectivity index (χ1v) is 5.26. The zero-order chi connectivity index (χ0) is 11.1. The molecule has 2 atom stereocenters. The van der Waals surface area contributed by atoms with Crippen LogP contribution in [0.25, 0.3) is 6.08 Å². The maximum atomic E-state index is 6.06. The van der Waals surface area contributed by atoms with Gasteiger partial charge in [-0.3, -0.25) is 5.73 Å². The van der Waals surface area contributed by atoms with Gasteiger partial charge in [0.2, 0.25) is 0 Å². The van der Waals surface area contributed by atoms with Crippen LogP contribution in [-0.2, 0) is 6.42 Å².